The van der Waals surface area contributed by atoms with Gasteiger partial charge < -0.3 is 15.3 Å². The standard InChI is InChI=1S/C17H23F3N2O2/c1-11(23)8-9-22(2)16(24)21-15(12-6-7-12)13-4-3-5-14(10-13)17(18,19)20/h3-5,10-12,15,23H,6-9H2,1-2H3,(H,21,24). The van der Waals surface area contributed by atoms with E-state index in [-0.39, 0.29) is 11.9 Å². The fourth-order valence-electron chi connectivity index (χ4n) is 2.54. The van der Waals surface area contributed by atoms with Crippen LogP contribution in [0, 0.1) is 5.92 Å². The van der Waals surface area contributed by atoms with Crippen molar-refractivity contribution in [2.24, 2.45) is 5.92 Å². The monoisotopic (exact) mass is 344 g/mol. The summed E-state index contributed by atoms with van der Waals surface area (Å²) in [7, 11) is 1.60. The largest absolute Gasteiger partial charge is 0.416 e. The minimum absolute atomic E-state index is 0.169. The van der Waals surface area contributed by atoms with Crippen LogP contribution in [0.3, 0.4) is 0 Å². The highest BCUT2D eigenvalue weighted by atomic mass is 19.4. The first-order chi connectivity index (χ1) is 11.2. The van der Waals surface area contributed by atoms with Gasteiger partial charge in [-0.2, -0.15) is 13.2 Å². The summed E-state index contributed by atoms with van der Waals surface area (Å²) in [6.45, 7) is 2.02. The maximum absolute atomic E-state index is 12.9. The number of hydrogen-bond donors (Lipinski definition) is 2. The highest BCUT2D eigenvalue weighted by Gasteiger charge is 2.36. The van der Waals surface area contributed by atoms with E-state index in [1.807, 2.05) is 0 Å². The number of carbonyl (C=O) groups is 1. The molecule has 0 heterocycles. The molecule has 2 amide bonds. The average Bonchev–Trinajstić information content (AvgIpc) is 3.33. The van der Waals surface area contributed by atoms with Gasteiger partial charge in [0.1, 0.15) is 0 Å². The minimum atomic E-state index is -4.40. The molecule has 7 heteroatoms. The van der Waals surface area contributed by atoms with Gasteiger partial charge in [-0.15, -0.1) is 0 Å². The van der Waals surface area contributed by atoms with Gasteiger partial charge in [0.05, 0.1) is 17.7 Å². The van der Waals surface area contributed by atoms with Gasteiger partial charge in [-0.05, 0) is 49.8 Å². The molecule has 1 fully saturated rings. The van der Waals surface area contributed by atoms with E-state index in [1.165, 1.54) is 11.0 Å². The van der Waals surface area contributed by atoms with Crippen molar-refractivity contribution in [2.45, 2.75) is 44.5 Å². The van der Waals surface area contributed by atoms with Gasteiger partial charge in [0.25, 0.3) is 0 Å². The summed E-state index contributed by atoms with van der Waals surface area (Å²) in [4.78, 5) is 13.7. The average molecular weight is 344 g/mol. The lowest BCUT2D eigenvalue weighted by atomic mass is 10.00. The molecular formula is C17H23F3N2O2. The summed E-state index contributed by atoms with van der Waals surface area (Å²) < 4.78 is 38.7. The minimum Gasteiger partial charge on any atom is -0.393 e. The Morgan fingerprint density at radius 1 is 1.42 bits per heavy atom. The molecule has 134 valence electrons. The van der Waals surface area contributed by atoms with Gasteiger partial charge in [-0.1, -0.05) is 12.1 Å². The van der Waals surface area contributed by atoms with Crippen molar-refractivity contribution >= 4 is 6.03 Å². The molecule has 0 aliphatic heterocycles. The highest BCUT2D eigenvalue weighted by molar-refractivity contribution is 5.74. The first-order valence-electron chi connectivity index (χ1n) is 8.05. The summed E-state index contributed by atoms with van der Waals surface area (Å²) in [5.74, 6) is 0.169. The van der Waals surface area contributed by atoms with Gasteiger partial charge >= 0.3 is 12.2 Å². The maximum atomic E-state index is 12.9. The van der Waals surface area contributed by atoms with Crippen LogP contribution < -0.4 is 5.32 Å². The molecule has 0 aromatic heterocycles. The summed E-state index contributed by atoms with van der Waals surface area (Å²) in [5.41, 5.74) is -0.230. The normalized spacial score (nSPS) is 17.2. The van der Waals surface area contributed by atoms with E-state index < -0.39 is 23.9 Å². The Morgan fingerprint density at radius 2 is 2.08 bits per heavy atom. The molecule has 1 aliphatic carbocycles. The zero-order chi connectivity index (χ0) is 17.9. The lowest BCUT2D eigenvalue weighted by Gasteiger charge is -2.25. The smallest absolute Gasteiger partial charge is 0.393 e. The molecule has 1 aromatic carbocycles. The van der Waals surface area contributed by atoms with Crippen LogP contribution in [0.5, 0.6) is 0 Å². The van der Waals surface area contributed by atoms with E-state index >= 15 is 0 Å². The second kappa shape index (κ2) is 7.42. The van der Waals surface area contributed by atoms with E-state index in [0.717, 1.165) is 25.0 Å². The van der Waals surface area contributed by atoms with Crippen molar-refractivity contribution in [1.29, 1.82) is 0 Å². The van der Waals surface area contributed by atoms with Crippen LogP contribution in [0.4, 0.5) is 18.0 Å². The number of amides is 2. The van der Waals surface area contributed by atoms with Crippen molar-refractivity contribution in [3.05, 3.63) is 35.4 Å². The zero-order valence-electron chi connectivity index (χ0n) is 13.8. The van der Waals surface area contributed by atoms with Crippen LogP contribution in [-0.2, 0) is 6.18 Å². The number of nitrogens with one attached hydrogen (secondary N) is 1. The van der Waals surface area contributed by atoms with Crippen molar-refractivity contribution in [3.8, 4) is 0 Å². The van der Waals surface area contributed by atoms with E-state index in [4.69, 9.17) is 0 Å². The Kier molecular flexibility index (Phi) is 5.74. The summed E-state index contributed by atoms with van der Waals surface area (Å²) in [5, 5.41) is 12.1. The summed E-state index contributed by atoms with van der Waals surface area (Å²) >= 11 is 0. The Morgan fingerprint density at radius 3 is 2.62 bits per heavy atom. The fourth-order valence-corrected chi connectivity index (χ4v) is 2.54. The lowest BCUT2D eigenvalue weighted by molar-refractivity contribution is -0.137. The van der Waals surface area contributed by atoms with Crippen molar-refractivity contribution < 1.29 is 23.1 Å². The molecule has 0 spiro atoms. The number of rotatable bonds is 6. The number of halogens is 3. The maximum Gasteiger partial charge on any atom is 0.416 e. The first-order valence-corrected chi connectivity index (χ1v) is 8.05. The Hall–Kier alpha value is -1.76. The van der Waals surface area contributed by atoms with Crippen molar-refractivity contribution in [2.75, 3.05) is 13.6 Å². The Labute approximate surface area is 139 Å². The zero-order valence-corrected chi connectivity index (χ0v) is 13.8. The van der Waals surface area contributed by atoms with Crippen LogP contribution in [0.15, 0.2) is 24.3 Å². The lowest BCUT2D eigenvalue weighted by Crippen LogP contribution is -2.41. The molecule has 1 aromatic rings. The molecule has 2 rings (SSSR count). The molecule has 24 heavy (non-hydrogen) atoms. The predicted octanol–water partition coefficient (Wildman–Crippen LogP) is 3.57. The van der Waals surface area contributed by atoms with Crippen LogP contribution in [0.1, 0.15) is 43.4 Å². The molecule has 1 saturated carbocycles. The van der Waals surface area contributed by atoms with Crippen molar-refractivity contribution in [3.63, 3.8) is 0 Å². The number of urea groups is 1. The van der Waals surface area contributed by atoms with Crippen LogP contribution in [0.2, 0.25) is 0 Å². The molecule has 0 saturated heterocycles. The molecule has 4 nitrogen and oxygen atoms in total. The summed E-state index contributed by atoms with van der Waals surface area (Å²) in [6.07, 6.45) is -2.69. The SMILES string of the molecule is CC(O)CCN(C)C(=O)NC(c1cccc(C(F)(F)F)c1)C1CC1. The number of hydrogen-bond acceptors (Lipinski definition) is 2. The molecule has 2 atom stereocenters. The molecule has 0 radical (unpaired) electrons. The number of alkyl halides is 3. The molecular weight excluding hydrogens is 321 g/mol. The third-order valence-corrected chi connectivity index (χ3v) is 4.17. The third-order valence-electron chi connectivity index (χ3n) is 4.17. The first kappa shape index (κ1) is 18.6. The number of aliphatic hydroxyl groups excluding tert-OH is 1. The van der Waals surface area contributed by atoms with Crippen LogP contribution in [-0.4, -0.2) is 35.7 Å². The predicted molar refractivity (Wildman–Crippen MR) is 84.4 cm³/mol. The van der Waals surface area contributed by atoms with Gasteiger partial charge in [0, 0.05) is 13.6 Å². The Balaban J connectivity index is 2.09. The van der Waals surface area contributed by atoms with Gasteiger partial charge in [0.15, 0.2) is 0 Å². The topological polar surface area (TPSA) is 52.6 Å². The number of benzene rings is 1. The van der Waals surface area contributed by atoms with Crippen LogP contribution >= 0.6 is 0 Å². The molecule has 1 aliphatic rings. The molecule has 0 bridgehead atoms. The fraction of sp³-hybridized carbons (Fsp3) is 0.588. The quantitative estimate of drug-likeness (QED) is 0.829. The highest BCUT2D eigenvalue weighted by Crippen LogP contribution is 2.42. The molecule has 2 N–H and O–H groups in total. The van der Waals surface area contributed by atoms with Crippen LogP contribution in [0.25, 0.3) is 0 Å². The van der Waals surface area contributed by atoms with E-state index in [1.54, 1.807) is 20.0 Å². The van der Waals surface area contributed by atoms with E-state index in [9.17, 15) is 23.1 Å². The van der Waals surface area contributed by atoms with E-state index in [2.05, 4.69) is 5.32 Å². The number of aliphatic hydroxyl groups is 1. The van der Waals surface area contributed by atoms with Gasteiger partial charge in [-0.25, -0.2) is 4.79 Å². The van der Waals surface area contributed by atoms with Crippen molar-refractivity contribution in [1.82, 2.24) is 10.2 Å². The second-order valence-electron chi connectivity index (χ2n) is 6.45. The van der Waals surface area contributed by atoms with E-state index in [0.29, 0.717) is 18.5 Å². The second-order valence-corrected chi connectivity index (χ2v) is 6.45. The number of carbonyl (C=O) groups excluding carboxylic acids is 1. The van der Waals surface area contributed by atoms with Gasteiger partial charge in [-0.3, -0.25) is 0 Å². The Bertz CT molecular complexity index is 571. The summed E-state index contributed by atoms with van der Waals surface area (Å²) in [6, 6.07) is 4.37. The van der Waals surface area contributed by atoms with Gasteiger partial charge in [0.2, 0.25) is 0 Å². The third kappa shape index (κ3) is 5.12. The molecule has 2 unspecified atom stereocenters. The number of nitrogens with zero attached hydrogens (tertiary/aromatic N) is 1.